The van der Waals surface area contributed by atoms with Crippen molar-refractivity contribution in [3.05, 3.63) is 28.8 Å². The number of rotatable bonds is 7. The zero-order chi connectivity index (χ0) is 14.3. The molecule has 3 N–H and O–H groups in total. The van der Waals surface area contributed by atoms with Gasteiger partial charge in [0.2, 0.25) is 0 Å². The summed E-state index contributed by atoms with van der Waals surface area (Å²) >= 11 is 6.12. The molecule has 1 unspecified atom stereocenters. The minimum Gasteiger partial charge on any atom is -0.481 e. The molecule has 0 bridgehead atoms. The molecule has 0 radical (unpaired) electrons. The number of nitrogens with one attached hydrogen (secondary N) is 1. The molecular weight excluding hydrogens is 264 g/mol. The van der Waals surface area contributed by atoms with Crippen molar-refractivity contribution in [2.75, 3.05) is 13.1 Å². The van der Waals surface area contributed by atoms with Crippen LogP contribution in [0.25, 0.3) is 0 Å². The van der Waals surface area contributed by atoms with Crippen molar-refractivity contribution >= 4 is 17.5 Å². The lowest BCUT2D eigenvalue weighted by molar-refractivity contribution is -0.127. The van der Waals surface area contributed by atoms with Crippen molar-refractivity contribution in [2.45, 2.75) is 32.8 Å². The number of carbonyl (C=O) groups is 1. The third-order valence-electron chi connectivity index (χ3n) is 2.69. The Balaban J connectivity index is 2.75. The second kappa shape index (κ2) is 8.02. The van der Waals surface area contributed by atoms with Gasteiger partial charge < -0.3 is 15.8 Å². The van der Waals surface area contributed by atoms with Crippen LogP contribution in [-0.4, -0.2) is 25.1 Å². The van der Waals surface area contributed by atoms with Crippen molar-refractivity contribution < 1.29 is 9.53 Å². The summed E-state index contributed by atoms with van der Waals surface area (Å²) in [6.45, 7) is 4.86. The second-order valence-electron chi connectivity index (χ2n) is 4.31. The number of ether oxygens (including phenoxy) is 1. The van der Waals surface area contributed by atoms with E-state index in [2.05, 4.69) is 5.32 Å². The predicted molar refractivity (Wildman–Crippen MR) is 77.6 cm³/mol. The Morgan fingerprint density at radius 3 is 2.89 bits per heavy atom. The van der Waals surface area contributed by atoms with E-state index in [1.807, 2.05) is 6.92 Å². The van der Waals surface area contributed by atoms with Crippen LogP contribution in [0.15, 0.2) is 18.2 Å². The van der Waals surface area contributed by atoms with Gasteiger partial charge in [0.15, 0.2) is 6.10 Å². The molecular formula is C14H21ClN2O2. The standard InChI is InChI=1S/C14H21ClN2O2/c1-3-9-17-14(18)10(2)19-13-6-4-5-12(15)11(13)7-8-16/h4-6,10H,3,7-9,16H2,1-2H3,(H,17,18). The lowest BCUT2D eigenvalue weighted by atomic mass is 10.1. The quantitative estimate of drug-likeness (QED) is 0.806. The Bertz CT molecular complexity index is 424. The molecule has 0 fully saturated rings. The van der Waals surface area contributed by atoms with Crippen molar-refractivity contribution in [1.82, 2.24) is 5.32 Å². The normalized spacial score (nSPS) is 12.0. The highest BCUT2D eigenvalue weighted by Crippen LogP contribution is 2.27. The fourth-order valence-electron chi connectivity index (χ4n) is 1.67. The van der Waals surface area contributed by atoms with Crippen LogP contribution >= 0.6 is 11.6 Å². The van der Waals surface area contributed by atoms with Crippen LogP contribution in [0.3, 0.4) is 0 Å². The van der Waals surface area contributed by atoms with Crippen molar-refractivity contribution in [3.8, 4) is 5.75 Å². The van der Waals surface area contributed by atoms with Crippen LogP contribution < -0.4 is 15.8 Å². The maximum Gasteiger partial charge on any atom is 0.260 e. The summed E-state index contributed by atoms with van der Waals surface area (Å²) in [6.07, 6.45) is 0.966. The third-order valence-corrected chi connectivity index (χ3v) is 3.05. The van der Waals surface area contributed by atoms with Gasteiger partial charge in [-0.3, -0.25) is 4.79 Å². The highest BCUT2D eigenvalue weighted by Gasteiger charge is 2.16. The second-order valence-corrected chi connectivity index (χ2v) is 4.71. The summed E-state index contributed by atoms with van der Waals surface area (Å²) in [5.74, 6) is 0.498. The van der Waals surface area contributed by atoms with E-state index in [-0.39, 0.29) is 5.91 Å². The van der Waals surface area contributed by atoms with E-state index in [1.165, 1.54) is 0 Å². The Morgan fingerprint density at radius 2 is 2.26 bits per heavy atom. The number of benzene rings is 1. The molecule has 19 heavy (non-hydrogen) atoms. The Morgan fingerprint density at radius 1 is 1.53 bits per heavy atom. The van der Waals surface area contributed by atoms with Gasteiger partial charge in [0.05, 0.1) is 0 Å². The van der Waals surface area contributed by atoms with Gasteiger partial charge in [0, 0.05) is 17.1 Å². The highest BCUT2D eigenvalue weighted by molar-refractivity contribution is 6.31. The zero-order valence-electron chi connectivity index (χ0n) is 11.4. The molecule has 0 heterocycles. The highest BCUT2D eigenvalue weighted by atomic mass is 35.5. The zero-order valence-corrected chi connectivity index (χ0v) is 12.2. The smallest absolute Gasteiger partial charge is 0.260 e. The third kappa shape index (κ3) is 4.73. The van der Waals surface area contributed by atoms with Gasteiger partial charge in [-0.1, -0.05) is 24.6 Å². The summed E-state index contributed by atoms with van der Waals surface area (Å²) < 4.78 is 5.69. The number of carbonyl (C=O) groups excluding carboxylic acids is 1. The van der Waals surface area contributed by atoms with Crippen molar-refractivity contribution in [3.63, 3.8) is 0 Å². The van der Waals surface area contributed by atoms with Crippen LogP contribution in [0.5, 0.6) is 5.75 Å². The number of hydrogen-bond donors (Lipinski definition) is 2. The number of hydrogen-bond acceptors (Lipinski definition) is 3. The molecule has 0 aliphatic heterocycles. The van der Waals surface area contributed by atoms with Crippen molar-refractivity contribution in [2.24, 2.45) is 5.73 Å². The summed E-state index contributed by atoms with van der Waals surface area (Å²) in [4.78, 5) is 11.8. The van der Waals surface area contributed by atoms with Crippen LogP contribution in [0, 0.1) is 0 Å². The molecule has 106 valence electrons. The summed E-state index contributed by atoms with van der Waals surface area (Å²) in [5, 5.41) is 3.41. The van der Waals surface area contributed by atoms with E-state index in [4.69, 9.17) is 22.1 Å². The molecule has 0 aliphatic rings. The van der Waals surface area contributed by atoms with Gasteiger partial charge in [0.25, 0.3) is 5.91 Å². The van der Waals surface area contributed by atoms with Gasteiger partial charge in [-0.05, 0) is 38.4 Å². The first-order chi connectivity index (χ1) is 9.10. The fraction of sp³-hybridized carbons (Fsp3) is 0.500. The van der Waals surface area contributed by atoms with Gasteiger partial charge in [-0.25, -0.2) is 0 Å². The topological polar surface area (TPSA) is 64.3 Å². The molecule has 0 saturated heterocycles. The molecule has 0 aromatic heterocycles. The SMILES string of the molecule is CCCNC(=O)C(C)Oc1cccc(Cl)c1CCN. The van der Waals surface area contributed by atoms with E-state index < -0.39 is 6.10 Å². The number of amides is 1. The minimum atomic E-state index is -0.554. The average molecular weight is 285 g/mol. The van der Waals surface area contributed by atoms with Crippen LogP contribution in [0.1, 0.15) is 25.8 Å². The maximum atomic E-state index is 11.8. The largest absolute Gasteiger partial charge is 0.481 e. The van der Waals surface area contributed by atoms with E-state index in [0.29, 0.717) is 30.3 Å². The van der Waals surface area contributed by atoms with E-state index in [1.54, 1.807) is 25.1 Å². The number of halogens is 1. The molecule has 0 spiro atoms. The van der Waals surface area contributed by atoms with E-state index in [9.17, 15) is 4.79 Å². The number of nitrogens with two attached hydrogens (primary N) is 1. The minimum absolute atomic E-state index is 0.125. The Kier molecular flexibility index (Phi) is 6.67. The van der Waals surface area contributed by atoms with Gasteiger partial charge in [-0.15, -0.1) is 0 Å². The first kappa shape index (κ1) is 15.8. The lowest BCUT2D eigenvalue weighted by Crippen LogP contribution is -2.36. The average Bonchev–Trinajstić information content (AvgIpc) is 2.39. The molecule has 1 aromatic carbocycles. The first-order valence-electron chi connectivity index (χ1n) is 6.52. The lowest BCUT2D eigenvalue weighted by Gasteiger charge is -2.17. The van der Waals surface area contributed by atoms with Gasteiger partial charge in [0.1, 0.15) is 5.75 Å². The molecule has 0 aliphatic carbocycles. The van der Waals surface area contributed by atoms with Gasteiger partial charge in [-0.2, -0.15) is 0 Å². The van der Waals surface area contributed by atoms with Crippen molar-refractivity contribution in [1.29, 1.82) is 0 Å². The van der Waals surface area contributed by atoms with E-state index in [0.717, 1.165) is 12.0 Å². The van der Waals surface area contributed by atoms with E-state index >= 15 is 0 Å². The maximum absolute atomic E-state index is 11.8. The first-order valence-corrected chi connectivity index (χ1v) is 6.89. The van der Waals surface area contributed by atoms with Crippen LogP contribution in [0.4, 0.5) is 0 Å². The van der Waals surface area contributed by atoms with Crippen LogP contribution in [0.2, 0.25) is 5.02 Å². The Hall–Kier alpha value is -1.26. The monoisotopic (exact) mass is 284 g/mol. The molecule has 0 saturated carbocycles. The Labute approximate surface area is 119 Å². The summed E-state index contributed by atoms with van der Waals surface area (Å²) in [5.41, 5.74) is 6.41. The van der Waals surface area contributed by atoms with Gasteiger partial charge >= 0.3 is 0 Å². The molecule has 5 heteroatoms. The molecule has 1 aromatic rings. The fourth-order valence-corrected chi connectivity index (χ4v) is 1.93. The predicted octanol–water partition coefficient (Wildman–Crippen LogP) is 2.13. The van der Waals surface area contributed by atoms with Crippen LogP contribution in [-0.2, 0) is 11.2 Å². The summed E-state index contributed by atoms with van der Waals surface area (Å²) in [7, 11) is 0. The molecule has 1 atom stereocenters. The molecule has 1 amide bonds. The molecule has 1 rings (SSSR count). The molecule has 4 nitrogen and oxygen atoms in total. The summed E-state index contributed by atoms with van der Waals surface area (Å²) in [6, 6.07) is 5.40.